The number of rotatable bonds is 6. The highest BCUT2D eigenvalue weighted by molar-refractivity contribution is 7.94. The largest absolute Gasteiger partial charge is 0.478 e. The van der Waals surface area contributed by atoms with E-state index in [2.05, 4.69) is 29.7 Å². The Bertz CT molecular complexity index is 1400. The average Bonchev–Trinajstić information content (AvgIpc) is 2.85. The van der Waals surface area contributed by atoms with Gasteiger partial charge in [-0.05, 0) is 24.6 Å². The van der Waals surface area contributed by atoms with Gasteiger partial charge in [0.05, 0.1) is 30.3 Å². The molecule has 0 saturated heterocycles. The van der Waals surface area contributed by atoms with Gasteiger partial charge in [-0.1, -0.05) is 24.3 Å². The van der Waals surface area contributed by atoms with Crippen LogP contribution in [0.4, 0.5) is 5.82 Å². The number of nitrogens with zero attached hydrogens (tertiary/aromatic N) is 5. The quantitative estimate of drug-likeness (QED) is 0.550. The molecule has 1 atom stereocenters. The molecule has 11 heteroatoms. The van der Waals surface area contributed by atoms with Crippen LogP contribution >= 0.6 is 0 Å². The summed E-state index contributed by atoms with van der Waals surface area (Å²) < 4.78 is 34.3. The number of allylic oxidation sites excluding steroid dienone is 1. The van der Waals surface area contributed by atoms with Crippen LogP contribution in [0.25, 0.3) is 11.4 Å². The van der Waals surface area contributed by atoms with Gasteiger partial charge in [-0.2, -0.15) is 0 Å². The molecule has 3 heterocycles. The number of hydrogen-bond acceptors (Lipinski definition) is 9. The fourth-order valence-corrected chi connectivity index (χ4v) is 4.71. The number of sulfonamides is 1. The molecule has 0 amide bonds. The van der Waals surface area contributed by atoms with Gasteiger partial charge in [0.25, 0.3) is 5.88 Å². The summed E-state index contributed by atoms with van der Waals surface area (Å²) in [5, 5.41) is -1.42. The number of methoxy groups -OCH3 is 1. The van der Waals surface area contributed by atoms with E-state index in [1.54, 1.807) is 55.6 Å². The molecule has 10 nitrogen and oxygen atoms in total. The summed E-state index contributed by atoms with van der Waals surface area (Å²) in [5.74, 6) is 2.15. The molecule has 1 unspecified atom stereocenters. The van der Waals surface area contributed by atoms with Crippen molar-refractivity contribution in [2.24, 2.45) is 4.99 Å². The van der Waals surface area contributed by atoms with Crippen LogP contribution < -0.4 is 9.46 Å². The van der Waals surface area contributed by atoms with Gasteiger partial charge in [0.15, 0.2) is 11.1 Å². The topological polar surface area (TPSA) is 136 Å². The maximum Gasteiger partial charge on any atom is 0.258 e. The molecule has 1 aromatic carbocycles. The average molecular weight is 462 g/mol. The van der Waals surface area contributed by atoms with Gasteiger partial charge >= 0.3 is 0 Å². The lowest BCUT2D eigenvalue weighted by molar-refractivity contribution is 0.397. The zero-order chi connectivity index (χ0) is 23.4. The van der Waals surface area contributed by atoms with Crippen molar-refractivity contribution in [3.05, 3.63) is 78.0 Å². The van der Waals surface area contributed by atoms with E-state index >= 15 is 0 Å². The van der Waals surface area contributed by atoms with Crippen molar-refractivity contribution in [2.45, 2.75) is 12.2 Å². The highest BCUT2D eigenvalue weighted by atomic mass is 32.2. The number of aliphatic imine (C=N–C) groups is 1. The fraction of sp³-hybridized carbons (Fsp3) is 0.136. The van der Waals surface area contributed by atoms with E-state index in [0.29, 0.717) is 17.1 Å². The Morgan fingerprint density at radius 2 is 1.76 bits per heavy atom. The number of ether oxygens (including phenoxy) is 1. The molecule has 4 rings (SSSR count). The highest BCUT2D eigenvalue weighted by Gasteiger charge is 2.37. The molecule has 33 heavy (non-hydrogen) atoms. The third kappa shape index (κ3) is 4.54. The Hall–Kier alpha value is -4.21. The van der Waals surface area contributed by atoms with Crippen molar-refractivity contribution >= 4 is 27.5 Å². The minimum atomic E-state index is -4.24. The lowest BCUT2D eigenvalue weighted by Crippen LogP contribution is -2.38. The Labute approximate surface area is 189 Å². The third-order valence-electron chi connectivity index (χ3n) is 4.72. The summed E-state index contributed by atoms with van der Waals surface area (Å²) in [5.41, 5.74) is 1.86. The van der Waals surface area contributed by atoms with E-state index in [9.17, 15) is 13.2 Å². The predicted molar refractivity (Wildman–Crippen MR) is 122 cm³/mol. The molecule has 2 aromatic heterocycles. The molecule has 3 aromatic rings. The van der Waals surface area contributed by atoms with Crippen LogP contribution in [0.1, 0.15) is 11.3 Å². The fourth-order valence-electron chi connectivity index (χ4n) is 3.23. The van der Waals surface area contributed by atoms with Gasteiger partial charge < -0.3 is 4.74 Å². The standard InChI is InChI=1S/C22H18N6O4S/c1-14-12-26-21(22(27-14)32-2)28-33(30,31)19-17(13-29)8-11-23-18(19)15-4-6-16(7-5-15)20-24-9-3-10-25-20/h3-12,19H,1-2H3,(H,26,28). The number of anilines is 1. The summed E-state index contributed by atoms with van der Waals surface area (Å²) in [4.78, 5) is 32.5. The van der Waals surface area contributed by atoms with Crippen molar-refractivity contribution in [3.63, 3.8) is 0 Å². The summed E-state index contributed by atoms with van der Waals surface area (Å²) in [7, 11) is -2.89. The van der Waals surface area contributed by atoms with Crippen LogP contribution in [0.2, 0.25) is 0 Å². The first-order valence-electron chi connectivity index (χ1n) is 9.69. The Morgan fingerprint density at radius 3 is 2.42 bits per heavy atom. The van der Waals surface area contributed by atoms with Gasteiger partial charge in [-0.3, -0.25) is 9.71 Å². The highest BCUT2D eigenvalue weighted by Crippen LogP contribution is 2.27. The number of aromatic nitrogens is 4. The van der Waals surface area contributed by atoms with Crippen molar-refractivity contribution in [3.8, 4) is 17.3 Å². The summed E-state index contributed by atoms with van der Waals surface area (Å²) in [6.45, 7) is 1.70. The van der Waals surface area contributed by atoms with E-state index in [4.69, 9.17) is 4.74 Å². The zero-order valence-electron chi connectivity index (χ0n) is 17.6. The molecule has 0 saturated carbocycles. The summed E-state index contributed by atoms with van der Waals surface area (Å²) in [6.07, 6.45) is 7.33. The lowest BCUT2D eigenvalue weighted by atomic mass is 9.99. The van der Waals surface area contributed by atoms with Gasteiger partial charge in [0.2, 0.25) is 15.8 Å². The Balaban J connectivity index is 1.72. The second kappa shape index (κ2) is 9.11. The molecule has 1 aliphatic heterocycles. The maximum atomic E-state index is 13.4. The molecular weight excluding hydrogens is 444 g/mol. The van der Waals surface area contributed by atoms with Gasteiger partial charge in [0.1, 0.15) is 5.94 Å². The number of hydrogen-bond donors (Lipinski definition) is 1. The van der Waals surface area contributed by atoms with E-state index < -0.39 is 15.3 Å². The van der Waals surface area contributed by atoms with E-state index in [1.165, 1.54) is 25.6 Å². The number of benzene rings is 1. The predicted octanol–water partition coefficient (Wildman–Crippen LogP) is 2.14. The van der Waals surface area contributed by atoms with Gasteiger partial charge in [-0.15, -0.1) is 0 Å². The van der Waals surface area contributed by atoms with Crippen LogP contribution in [-0.2, 0) is 14.8 Å². The maximum absolute atomic E-state index is 13.4. The van der Waals surface area contributed by atoms with Crippen LogP contribution in [0.3, 0.4) is 0 Å². The first-order chi connectivity index (χ1) is 15.9. The normalized spacial score (nSPS) is 15.5. The first kappa shape index (κ1) is 22.0. The van der Waals surface area contributed by atoms with Crippen LogP contribution in [0.15, 0.2) is 71.8 Å². The number of carbonyl (C=O) groups excluding carboxylic acids is 1. The molecule has 1 aliphatic rings. The van der Waals surface area contributed by atoms with E-state index in [-0.39, 0.29) is 23.0 Å². The smallest absolute Gasteiger partial charge is 0.258 e. The third-order valence-corrected chi connectivity index (χ3v) is 6.30. The molecule has 0 bridgehead atoms. The molecule has 0 aliphatic carbocycles. The molecule has 0 radical (unpaired) electrons. The molecule has 0 spiro atoms. The SMILES string of the molecule is COc1nc(C)cnc1NS(=O)(=O)C1C(=C=O)C=CN=C1c1ccc(-c2ncccn2)cc1. The van der Waals surface area contributed by atoms with Gasteiger partial charge in [0, 0.05) is 24.2 Å². The molecule has 1 N–H and O–H groups in total. The minimum absolute atomic E-state index is 0.00672. The molecular formula is C22H18N6O4S. The van der Waals surface area contributed by atoms with Crippen LogP contribution in [0.5, 0.6) is 5.88 Å². The van der Waals surface area contributed by atoms with E-state index in [1.807, 2.05) is 0 Å². The van der Waals surface area contributed by atoms with Crippen LogP contribution in [-0.4, -0.2) is 52.4 Å². The van der Waals surface area contributed by atoms with E-state index in [0.717, 1.165) is 5.56 Å². The zero-order valence-corrected chi connectivity index (χ0v) is 18.4. The number of aryl methyl sites for hydroxylation is 1. The van der Waals surface area contributed by atoms with Gasteiger partial charge in [-0.25, -0.2) is 33.1 Å². The van der Waals surface area contributed by atoms with Crippen LogP contribution in [0, 0.1) is 6.92 Å². The van der Waals surface area contributed by atoms with Crippen molar-refractivity contribution in [2.75, 3.05) is 11.8 Å². The number of nitrogens with one attached hydrogen (secondary N) is 1. The molecule has 0 fully saturated rings. The second-order valence-corrected chi connectivity index (χ2v) is 8.70. The Kier molecular flexibility index (Phi) is 6.07. The van der Waals surface area contributed by atoms with Crippen molar-refractivity contribution in [1.82, 2.24) is 19.9 Å². The van der Waals surface area contributed by atoms with Crippen molar-refractivity contribution in [1.29, 1.82) is 0 Å². The lowest BCUT2D eigenvalue weighted by Gasteiger charge is -2.22. The first-order valence-corrected chi connectivity index (χ1v) is 11.2. The Morgan fingerprint density at radius 1 is 1.06 bits per heavy atom. The summed E-state index contributed by atoms with van der Waals surface area (Å²) >= 11 is 0. The van der Waals surface area contributed by atoms with Crippen molar-refractivity contribution < 1.29 is 17.9 Å². The minimum Gasteiger partial charge on any atom is -0.478 e. The monoisotopic (exact) mass is 462 g/mol. The second-order valence-electron chi connectivity index (χ2n) is 6.93. The molecule has 166 valence electrons. The summed E-state index contributed by atoms with van der Waals surface area (Å²) in [6, 6.07) is 8.61.